The summed E-state index contributed by atoms with van der Waals surface area (Å²) in [6.07, 6.45) is 1.05. The van der Waals surface area contributed by atoms with Crippen molar-refractivity contribution in [2.45, 2.75) is 26.8 Å². The first-order valence-electron chi connectivity index (χ1n) is 6.20. The molecule has 0 atom stereocenters. The van der Waals surface area contributed by atoms with Gasteiger partial charge in [0.1, 0.15) is 0 Å². The van der Waals surface area contributed by atoms with Gasteiger partial charge in [0.25, 0.3) is 0 Å². The summed E-state index contributed by atoms with van der Waals surface area (Å²) in [6.45, 7) is 6.13. The Bertz CT molecular complexity index is 637. The Hall–Kier alpha value is -1.00. The SMILES string of the molecule is Cc1nc2cc(Br)c3c(c2nc1C)CCN(C)C3. The van der Waals surface area contributed by atoms with Gasteiger partial charge in [-0.05, 0) is 44.5 Å². The number of hydrogen-bond acceptors (Lipinski definition) is 3. The highest BCUT2D eigenvalue weighted by atomic mass is 79.9. The number of fused-ring (bicyclic) bond motifs is 3. The normalized spacial score (nSPS) is 16.0. The zero-order valence-corrected chi connectivity index (χ0v) is 12.5. The molecular formula is C14H16BrN3. The van der Waals surface area contributed by atoms with Gasteiger partial charge in [-0.15, -0.1) is 0 Å². The van der Waals surface area contributed by atoms with Crippen LogP contribution in [0.4, 0.5) is 0 Å². The maximum absolute atomic E-state index is 4.75. The molecule has 18 heavy (non-hydrogen) atoms. The molecule has 4 heteroatoms. The predicted octanol–water partition coefficient (Wildman–Crippen LogP) is 3.00. The van der Waals surface area contributed by atoms with Gasteiger partial charge in [0.15, 0.2) is 0 Å². The summed E-state index contributed by atoms with van der Waals surface area (Å²) in [5.41, 5.74) is 6.88. The Morgan fingerprint density at radius 3 is 2.67 bits per heavy atom. The summed E-state index contributed by atoms with van der Waals surface area (Å²) in [5.74, 6) is 0. The number of nitrogens with zero attached hydrogens (tertiary/aromatic N) is 3. The molecule has 0 bridgehead atoms. The molecule has 3 rings (SSSR count). The van der Waals surface area contributed by atoms with Crippen molar-refractivity contribution in [2.75, 3.05) is 13.6 Å². The van der Waals surface area contributed by atoms with Gasteiger partial charge in [-0.1, -0.05) is 15.9 Å². The van der Waals surface area contributed by atoms with E-state index in [1.807, 2.05) is 13.8 Å². The molecule has 0 saturated carbocycles. The third-order valence-corrected chi connectivity index (χ3v) is 4.41. The van der Waals surface area contributed by atoms with Crippen LogP contribution in [-0.4, -0.2) is 28.5 Å². The summed E-state index contributed by atoms with van der Waals surface area (Å²) in [7, 11) is 2.16. The Morgan fingerprint density at radius 2 is 1.89 bits per heavy atom. The fourth-order valence-electron chi connectivity index (χ4n) is 2.53. The third-order valence-electron chi connectivity index (χ3n) is 3.71. The van der Waals surface area contributed by atoms with Crippen molar-refractivity contribution < 1.29 is 0 Å². The van der Waals surface area contributed by atoms with Crippen LogP contribution in [0.15, 0.2) is 10.5 Å². The number of hydrogen-bond donors (Lipinski definition) is 0. The smallest absolute Gasteiger partial charge is 0.0926 e. The number of likely N-dealkylation sites (N-methyl/N-ethyl adjacent to an activating group) is 1. The Kier molecular flexibility index (Phi) is 2.87. The zero-order valence-electron chi connectivity index (χ0n) is 10.9. The highest BCUT2D eigenvalue weighted by molar-refractivity contribution is 9.10. The van der Waals surface area contributed by atoms with Crippen LogP contribution in [0.3, 0.4) is 0 Å². The standard InChI is InChI=1S/C14H16BrN3/c1-8-9(2)17-14-10-4-5-18(3)7-11(10)12(15)6-13(14)16-8/h6H,4-5,7H2,1-3H3. The fraction of sp³-hybridized carbons (Fsp3) is 0.429. The van der Waals surface area contributed by atoms with E-state index in [2.05, 4.69) is 38.9 Å². The van der Waals surface area contributed by atoms with Gasteiger partial charge >= 0.3 is 0 Å². The highest BCUT2D eigenvalue weighted by Gasteiger charge is 2.20. The van der Waals surface area contributed by atoms with Gasteiger partial charge in [0, 0.05) is 17.6 Å². The van der Waals surface area contributed by atoms with Crippen LogP contribution in [0, 0.1) is 13.8 Å². The van der Waals surface area contributed by atoms with E-state index in [4.69, 9.17) is 4.98 Å². The van der Waals surface area contributed by atoms with Crippen LogP contribution in [0.25, 0.3) is 11.0 Å². The highest BCUT2D eigenvalue weighted by Crippen LogP contribution is 2.32. The van der Waals surface area contributed by atoms with E-state index < -0.39 is 0 Å². The summed E-state index contributed by atoms with van der Waals surface area (Å²) >= 11 is 3.68. The monoisotopic (exact) mass is 305 g/mol. The van der Waals surface area contributed by atoms with Crippen LogP contribution in [0.2, 0.25) is 0 Å². The molecule has 0 saturated heterocycles. The van der Waals surface area contributed by atoms with E-state index in [1.165, 1.54) is 11.1 Å². The predicted molar refractivity (Wildman–Crippen MR) is 76.8 cm³/mol. The zero-order chi connectivity index (χ0) is 12.9. The van der Waals surface area contributed by atoms with Crippen molar-refractivity contribution in [1.29, 1.82) is 0 Å². The minimum atomic E-state index is 0.987. The van der Waals surface area contributed by atoms with Crippen molar-refractivity contribution in [3.63, 3.8) is 0 Å². The van der Waals surface area contributed by atoms with Crippen LogP contribution < -0.4 is 0 Å². The molecule has 3 nitrogen and oxygen atoms in total. The van der Waals surface area contributed by atoms with Crippen LogP contribution >= 0.6 is 15.9 Å². The molecule has 1 aliphatic rings. The maximum atomic E-state index is 4.75. The van der Waals surface area contributed by atoms with E-state index in [-0.39, 0.29) is 0 Å². The molecule has 1 aromatic carbocycles. The number of halogens is 1. The summed E-state index contributed by atoms with van der Waals surface area (Å²) in [6, 6.07) is 2.10. The Labute approximate surface area is 115 Å². The number of aryl methyl sites for hydroxylation is 2. The van der Waals surface area contributed by atoms with Gasteiger partial charge in [-0.25, -0.2) is 9.97 Å². The largest absolute Gasteiger partial charge is 0.302 e. The number of rotatable bonds is 0. The minimum Gasteiger partial charge on any atom is -0.302 e. The molecule has 2 aromatic rings. The van der Waals surface area contributed by atoms with E-state index >= 15 is 0 Å². The lowest BCUT2D eigenvalue weighted by molar-refractivity contribution is 0.313. The molecule has 0 N–H and O–H groups in total. The molecule has 0 aliphatic carbocycles. The van der Waals surface area contributed by atoms with Crippen molar-refractivity contribution in [1.82, 2.24) is 14.9 Å². The number of aromatic nitrogens is 2. The van der Waals surface area contributed by atoms with Gasteiger partial charge in [-0.2, -0.15) is 0 Å². The summed E-state index contributed by atoms with van der Waals surface area (Å²) in [5, 5.41) is 0. The van der Waals surface area contributed by atoms with Crippen molar-refractivity contribution >= 4 is 27.0 Å². The third kappa shape index (κ3) is 1.84. The quantitative estimate of drug-likeness (QED) is 0.749. The van der Waals surface area contributed by atoms with Gasteiger partial charge < -0.3 is 4.90 Å². The lowest BCUT2D eigenvalue weighted by Gasteiger charge is -2.26. The Morgan fingerprint density at radius 1 is 1.17 bits per heavy atom. The van der Waals surface area contributed by atoms with Crippen LogP contribution in [0.1, 0.15) is 22.5 Å². The maximum Gasteiger partial charge on any atom is 0.0926 e. The molecule has 1 aromatic heterocycles. The molecule has 0 radical (unpaired) electrons. The van der Waals surface area contributed by atoms with E-state index in [9.17, 15) is 0 Å². The molecule has 0 spiro atoms. The molecule has 1 aliphatic heterocycles. The average molecular weight is 306 g/mol. The minimum absolute atomic E-state index is 0.987. The molecule has 0 unspecified atom stereocenters. The second-order valence-corrected chi connectivity index (χ2v) is 5.92. The Balaban J connectivity index is 2.33. The molecule has 94 valence electrons. The molecule has 2 heterocycles. The van der Waals surface area contributed by atoms with E-state index in [0.717, 1.165) is 46.4 Å². The van der Waals surface area contributed by atoms with Crippen molar-refractivity contribution in [3.05, 3.63) is 33.1 Å². The lowest BCUT2D eigenvalue weighted by Crippen LogP contribution is -2.27. The summed E-state index contributed by atoms with van der Waals surface area (Å²) in [4.78, 5) is 11.8. The molecular weight excluding hydrogens is 290 g/mol. The van der Waals surface area contributed by atoms with E-state index in [0.29, 0.717) is 0 Å². The van der Waals surface area contributed by atoms with Crippen LogP contribution in [-0.2, 0) is 13.0 Å². The van der Waals surface area contributed by atoms with Gasteiger partial charge in [0.2, 0.25) is 0 Å². The average Bonchev–Trinajstić information content (AvgIpc) is 2.32. The first kappa shape index (κ1) is 12.1. The first-order chi connectivity index (χ1) is 8.56. The molecule has 0 amide bonds. The van der Waals surface area contributed by atoms with Crippen molar-refractivity contribution in [3.8, 4) is 0 Å². The van der Waals surface area contributed by atoms with Crippen LogP contribution in [0.5, 0.6) is 0 Å². The number of benzene rings is 1. The first-order valence-corrected chi connectivity index (χ1v) is 6.99. The van der Waals surface area contributed by atoms with Gasteiger partial charge in [0.05, 0.1) is 22.4 Å². The van der Waals surface area contributed by atoms with Crippen molar-refractivity contribution in [2.24, 2.45) is 0 Å². The fourth-order valence-corrected chi connectivity index (χ4v) is 3.11. The van der Waals surface area contributed by atoms with E-state index in [1.54, 1.807) is 0 Å². The second kappa shape index (κ2) is 4.28. The second-order valence-electron chi connectivity index (χ2n) is 5.07. The lowest BCUT2D eigenvalue weighted by atomic mass is 9.98. The topological polar surface area (TPSA) is 29.0 Å². The molecule has 0 fully saturated rings. The van der Waals surface area contributed by atoms with Gasteiger partial charge in [-0.3, -0.25) is 0 Å². The summed E-state index contributed by atoms with van der Waals surface area (Å²) < 4.78 is 1.16.